The lowest BCUT2D eigenvalue weighted by Crippen LogP contribution is -2.06. The molecule has 0 aliphatic rings. The van der Waals surface area contributed by atoms with Crippen LogP contribution in [0.15, 0.2) is 36.4 Å². The van der Waals surface area contributed by atoms with Crippen LogP contribution in [0.25, 0.3) is 0 Å². The summed E-state index contributed by atoms with van der Waals surface area (Å²) in [4.78, 5) is 12.3. The molecule has 0 aromatic heterocycles. The Kier molecular flexibility index (Phi) is 3.48. The second-order valence-corrected chi connectivity index (χ2v) is 4.71. The monoisotopic (exact) mass is 262 g/mol. The van der Waals surface area contributed by atoms with Gasteiger partial charge >= 0.3 is 0 Å². The van der Waals surface area contributed by atoms with Crippen molar-refractivity contribution in [1.29, 1.82) is 0 Å². The standard InChI is InChI=1S/C15H12ClFO/c1-9-3-6-14(17)13(7-9)15(18)12-5-4-11(16)8-10(12)2/h3-8H,1-2H3. The highest BCUT2D eigenvalue weighted by Gasteiger charge is 2.16. The van der Waals surface area contributed by atoms with Crippen molar-refractivity contribution in [2.75, 3.05) is 0 Å². The van der Waals surface area contributed by atoms with Gasteiger partial charge in [-0.2, -0.15) is 0 Å². The molecule has 0 radical (unpaired) electrons. The summed E-state index contributed by atoms with van der Waals surface area (Å²) in [5.41, 5.74) is 2.17. The fourth-order valence-electron chi connectivity index (χ4n) is 1.84. The smallest absolute Gasteiger partial charge is 0.196 e. The summed E-state index contributed by atoms with van der Waals surface area (Å²) in [5.74, 6) is -0.815. The summed E-state index contributed by atoms with van der Waals surface area (Å²) in [6.07, 6.45) is 0. The van der Waals surface area contributed by atoms with Crippen LogP contribution in [-0.2, 0) is 0 Å². The fraction of sp³-hybridized carbons (Fsp3) is 0.133. The molecule has 0 aliphatic heterocycles. The van der Waals surface area contributed by atoms with Gasteiger partial charge in [0, 0.05) is 10.6 Å². The Bertz CT molecular complexity index is 620. The second-order valence-electron chi connectivity index (χ2n) is 4.27. The van der Waals surface area contributed by atoms with E-state index in [2.05, 4.69) is 0 Å². The topological polar surface area (TPSA) is 17.1 Å². The van der Waals surface area contributed by atoms with Gasteiger partial charge in [0.2, 0.25) is 0 Å². The van der Waals surface area contributed by atoms with E-state index in [-0.39, 0.29) is 11.3 Å². The van der Waals surface area contributed by atoms with Crippen LogP contribution in [0.4, 0.5) is 4.39 Å². The number of aryl methyl sites for hydroxylation is 2. The first-order chi connectivity index (χ1) is 8.49. The lowest BCUT2D eigenvalue weighted by molar-refractivity contribution is 0.103. The molecular formula is C15H12ClFO. The molecule has 0 fully saturated rings. The zero-order valence-corrected chi connectivity index (χ0v) is 10.9. The highest BCUT2D eigenvalue weighted by Crippen LogP contribution is 2.20. The van der Waals surface area contributed by atoms with E-state index in [9.17, 15) is 9.18 Å². The molecule has 0 unspecified atom stereocenters. The highest BCUT2D eigenvalue weighted by molar-refractivity contribution is 6.30. The molecule has 0 spiro atoms. The number of carbonyl (C=O) groups is 1. The average Bonchev–Trinajstić information content (AvgIpc) is 2.31. The van der Waals surface area contributed by atoms with Crippen molar-refractivity contribution in [3.63, 3.8) is 0 Å². The summed E-state index contributed by atoms with van der Waals surface area (Å²) in [7, 11) is 0. The normalized spacial score (nSPS) is 10.4. The second kappa shape index (κ2) is 4.91. The zero-order valence-electron chi connectivity index (χ0n) is 10.1. The van der Waals surface area contributed by atoms with Crippen molar-refractivity contribution in [3.05, 3.63) is 69.5 Å². The lowest BCUT2D eigenvalue weighted by Gasteiger charge is -2.07. The zero-order chi connectivity index (χ0) is 13.3. The third-order valence-corrected chi connectivity index (χ3v) is 3.03. The molecular weight excluding hydrogens is 251 g/mol. The molecule has 2 aromatic carbocycles. The molecule has 0 heterocycles. The molecule has 0 bridgehead atoms. The van der Waals surface area contributed by atoms with Crippen LogP contribution in [0, 0.1) is 19.7 Å². The number of hydrogen-bond acceptors (Lipinski definition) is 1. The van der Waals surface area contributed by atoms with Crippen LogP contribution < -0.4 is 0 Å². The maximum Gasteiger partial charge on any atom is 0.196 e. The van der Waals surface area contributed by atoms with E-state index in [1.165, 1.54) is 6.07 Å². The van der Waals surface area contributed by atoms with E-state index in [0.29, 0.717) is 10.6 Å². The van der Waals surface area contributed by atoms with Gasteiger partial charge in [0.05, 0.1) is 5.56 Å². The Hall–Kier alpha value is -1.67. The molecule has 18 heavy (non-hydrogen) atoms. The van der Waals surface area contributed by atoms with Gasteiger partial charge in [-0.1, -0.05) is 23.2 Å². The summed E-state index contributed by atoms with van der Waals surface area (Å²) in [6, 6.07) is 9.47. The van der Waals surface area contributed by atoms with Crippen LogP contribution in [-0.4, -0.2) is 5.78 Å². The van der Waals surface area contributed by atoms with Gasteiger partial charge in [-0.3, -0.25) is 4.79 Å². The fourth-order valence-corrected chi connectivity index (χ4v) is 2.07. The lowest BCUT2D eigenvalue weighted by atomic mass is 9.98. The Labute approximate surface area is 110 Å². The third-order valence-electron chi connectivity index (χ3n) is 2.80. The van der Waals surface area contributed by atoms with Crippen molar-refractivity contribution in [2.24, 2.45) is 0 Å². The van der Waals surface area contributed by atoms with E-state index >= 15 is 0 Å². The molecule has 0 aliphatic carbocycles. The Morgan fingerprint density at radius 3 is 2.44 bits per heavy atom. The van der Waals surface area contributed by atoms with Crippen molar-refractivity contribution in [2.45, 2.75) is 13.8 Å². The number of hydrogen-bond donors (Lipinski definition) is 0. The maximum atomic E-state index is 13.7. The molecule has 0 saturated carbocycles. The maximum absolute atomic E-state index is 13.7. The van der Waals surface area contributed by atoms with Crippen molar-refractivity contribution < 1.29 is 9.18 Å². The van der Waals surface area contributed by atoms with Gasteiger partial charge in [-0.15, -0.1) is 0 Å². The minimum Gasteiger partial charge on any atom is -0.288 e. The minimum absolute atomic E-state index is 0.0976. The first-order valence-corrected chi connectivity index (χ1v) is 5.94. The number of halogens is 2. The molecule has 92 valence electrons. The first-order valence-electron chi connectivity index (χ1n) is 5.56. The highest BCUT2D eigenvalue weighted by atomic mass is 35.5. The number of carbonyl (C=O) groups excluding carboxylic acids is 1. The Balaban J connectivity index is 2.51. The van der Waals surface area contributed by atoms with Crippen LogP contribution in [0.1, 0.15) is 27.0 Å². The molecule has 2 aromatic rings. The van der Waals surface area contributed by atoms with Crippen LogP contribution in [0.3, 0.4) is 0 Å². The largest absolute Gasteiger partial charge is 0.288 e. The molecule has 3 heteroatoms. The predicted octanol–water partition coefficient (Wildman–Crippen LogP) is 4.33. The summed E-state index contributed by atoms with van der Waals surface area (Å²) >= 11 is 5.84. The molecule has 1 nitrogen and oxygen atoms in total. The number of rotatable bonds is 2. The summed E-state index contributed by atoms with van der Waals surface area (Å²) in [5, 5.41) is 0.564. The van der Waals surface area contributed by atoms with Gasteiger partial charge in [-0.25, -0.2) is 4.39 Å². The van der Waals surface area contributed by atoms with Crippen molar-refractivity contribution in [3.8, 4) is 0 Å². The van der Waals surface area contributed by atoms with Crippen LogP contribution >= 0.6 is 11.6 Å². The van der Waals surface area contributed by atoms with Gasteiger partial charge in [-0.05, 0) is 49.7 Å². The van der Waals surface area contributed by atoms with Gasteiger partial charge in [0.25, 0.3) is 0 Å². The molecule has 0 N–H and O–H groups in total. The van der Waals surface area contributed by atoms with Crippen molar-refractivity contribution >= 4 is 17.4 Å². The van der Waals surface area contributed by atoms with E-state index in [0.717, 1.165) is 11.1 Å². The molecule has 0 atom stereocenters. The van der Waals surface area contributed by atoms with E-state index < -0.39 is 5.82 Å². The quantitative estimate of drug-likeness (QED) is 0.737. The Morgan fingerprint density at radius 2 is 1.78 bits per heavy atom. The van der Waals surface area contributed by atoms with E-state index in [1.54, 1.807) is 37.3 Å². The first kappa shape index (κ1) is 12.8. The predicted molar refractivity (Wildman–Crippen MR) is 70.8 cm³/mol. The van der Waals surface area contributed by atoms with Gasteiger partial charge < -0.3 is 0 Å². The van der Waals surface area contributed by atoms with Gasteiger partial charge in [0.15, 0.2) is 5.78 Å². The third kappa shape index (κ3) is 2.44. The van der Waals surface area contributed by atoms with E-state index in [4.69, 9.17) is 11.6 Å². The average molecular weight is 263 g/mol. The van der Waals surface area contributed by atoms with Gasteiger partial charge in [0.1, 0.15) is 5.82 Å². The number of benzene rings is 2. The van der Waals surface area contributed by atoms with Crippen LogP contribution in [0.5, 0.6) is 0 Å². The molecule has 0 amide bonds. The minimum atomic E-state index is -0.500. The van der Waals surface area contributed by atoms with E-state index in [1.807, 2.05) is 6.92 Å². The van der Waals surface area contributed by atoms with Crippen LogP contribution in [0.2, 0.25) is 5.02 Å². The molecule has 0 saturated heterocycles. The SMILES string of the molecule is Cc1ccc(F)c(C(=O)c2ccc(Cl)cc2C)c1. The number of ketones is 1. The summed E-state index contributed by atoms with van der Waals surface area (Å²) in [6.45, 7) is 3.61. The Morgan fingerprint density at radius 1 is 1.06 bits per heavy atom. The molecule has 2 rings (SSSR count). The van der Waals surface area contributed by atoms with Crippen molar-refractivity contribution in [1.82, 2.24) is 0 Å². The summed E-state index contributed by atoms with van der Waals surface area (Å²) < 4.78 is 13.7.